The third-order valence-electron chi connectivity index (χ3n) is 12.3. The molecule has 0 aromatic heterocycles. The molecule has 0 aliphatic rings. The van der Waals surface area contributed by atoms with E-state index in [-0.39, 0.29) is 97.4 Å². The van der Waals surface area contributed by atoms with Crippen LogP contribution >= 0.6 is 55.4 Å². The van der Waals surface area contributed by atoms with Crippen LogP contribution in [0.5, 0.6) is 0 Å². The van der Waals surface area contributed by atoms with E-state index in [2.05, 4.69) is 26.3 Å². The van der Waals surface area contributed by atoms with Crippen molar-refractivity contribution in [3.63, 3.8) is 0 Å². The molecule has 0 amide bonds. The lowest BCUT2D eigenvalue weighted by Crippen LogP contribution is -2.42. The first-order valence-corrected chi connectivity index (χ1v) is 43.0. The van der Waals surface area contributed by atoms with Crippen LogP contribution in [0.15, 0.2) is 148 Å². The minimum atomic E-state index is -2.71. The van der Waals surface area contributed by atoms with Crippen molar-refractivity contribution in [2.24, 2.45) is 0 Å². The van der Waals surface area contributed by atoms with Crippen molar-refractivity contribution in [1.82, 2.24) is 0 Å². The van der Waals surface area contributed by atoms with E-state index in [0.29, 0.717) is 49.9 Å². The van der Waals surface area contributed by atoms with Crippen molar-refractivity contribution < 1.29 is 98.4 Å². The standard InChI is InChI=1S/C17H24O7Si.C17H24O6Si.C15H18Cl2O4Si.C14H15Cl3O4Si/c1-5-11-23-16(18)14-9-6-7-10-15(14)17(19)24-12-8-13-25(20-2,21-3)22-4;1-5-11-22-16(18)14-9-6-7-10-15(14)17(19)23-12-8-13-24(4,20-2)21-3;1-3-9-20-14(18)12-7-4-5-8-13(12)15(19)21-10-6-11-22(2,16)17;1-2-8-20-13(18)11-6-3-4-7-12(11)14(19)21-9-5-10-22(15,16)17/h5-7,9-10H,1,8,11-13H2,2-4H3;5-7,9-10H,1,8,11-13H2,2-4H3;3-5,7-8H,1,6,9-11H2,2H3;2-4,6-7H,1,5,8-10H2. The molecule has 0 N–H and O–H groups in total. The lowest BCUT2D eigenvalue weighted by molar-refractivity contribution is 0.0467. The Balaban J connectivity index is 0.000000621. The zero-order chi connectivity index (χ0) is 69.9. The Hall–Kier alpha value is -6.28. The summed E-state index contributed by atoms with van der Waals surface area (Å²) in [5, 5.41) is 0. The maximum atomic E-state index is 12.2. The van der Waals surface area contributed by atoms with E-state index >= 15 is 0 Å². The van der Waals surface area contributed by atoms with Gasteiger partial charge in [0.1, 0.15) is 26.4 Å². The highest BCUT2D eigenvalue weighted by molar-refractivity contribution is 7.64. The Morgan fingerprint density at radius 1 is 0.333 bits per heavy atom. The lowest BCUT2D eigenvalue weighted by Gasteiger charge is -2.24. The zero-order valence-corrected chi connectivity index (χ0v) is 60.9. The molecule has 0 aliphatic heterocycles. The first-order chi connectivity index (χ1) is 44.2. The summed E-state index contributed by atoms with van der Waals surface area (Å²) in [7, 11) is 2.95. The summed E-state index contributed by atoms with van der Waals surface area (Å²) >= 11 is 29.2. The maximum Gasteiger partial charge on any atom is 0.500 e. The Morgan fingerprint density at radius 2 is 0.548 bits per heavy atom. The fraction of sp³-hybridized carbons (Fsp3) is 0.365. The van der Waals surface area contributed by atoms with E-state index in [0.717, 1.165) is 0 Å². The molecule has 0 aliphatic carbocycles. The molecule has 510 valence electrons. The number of ether oxygens (including phenoxy) is 8. The molecule has 93 heavy (non-hydrogen) atoms. The number of halogens is 5. The van der Waals surface area contributed by atoms with Gasteiger partial charge in [0.25, 0.3) is 0 Å². The average Bonchev–Trinajstić information content (AvgIpc) is 1.22. The van der Waals surface area contributed by atoms with Crippen molar-refractivity contribution in [2.75, 3.05) is 88.4 Å². The molecule has 4 aromatic rings. The van der Waals surface area contributed by atoms with Crippen LogP contribution in [0.4, 0.5) is 0 Å². The number of benzene rings is 4. The molecule has 0 atom stereocenters. The molecule has 0 bridgehead atoms. The number of carbonyl (C=O) groups excluding carboxylic acids is 8. The Kier molecular flexibility index (Phi) is 42.6. The molecule has 0 fully saturated rings. The van der Waals surface area contributed by atoms with E-state index in [1.807, 2.05) is 13.1 Å². The minimum Gasteiger partial charge on any atom is -0.462 e. The first-order valence-electron chi connectivity index (χ1n) is 28.6. The highest BCUT2D eigenvalue weighted by Gasteiger charge is 2.37. The van der Waals surface area contributed by atoms with Crippen LogP contribution in [0.1, 0.15) is 109 Å². The molecule has 0 unspecified atom stereocenters. The smallest absolute Gasteiger partial charge is 0.462 e. The summed E-state index contributed by atoms with van der Waals surface area (Å²) in [6, 6.07) is 24.9. The third kappa shape index (κ3) is 34.1. The van der Waals surface area contributed by atoms with E-state index in [4.69, 9.17) is 115 Å². The van der Waals surface area contributed by atoms with Crippen molar-refractivity contribution in [2.45, 2.75) is 63.0 Å². The van der Waals surface area contributed by atoms with Gasteiger partial charge in [-0.25, -0.2) is 38.4 Å². The van der Waals surface area contributed by atoms with Gasteiger partial charge in [0.05, 0.1) is 70.9 Å². The van der Waals surface area contributed by atoms with E-state index in [1.165, 1.54) is 94.2 Å². The van der Waals surface area contributed by atoms with Crippen LogP contribution in [-0.2, 0) is 60.0 Å². The van der Waals surface area contributed by atoms with Crippen molar-refractivity contribution in [3.8, 4) is 0 Å². The maximum absolute atomic E-state index is 12.2. The van der Waals surface area contributed by atoms with Crippen LogP contribution in [0.25, 0.3) is 0 Å². The number of rotatable bonds is 37. The number of carbonyl (C=O) groups is 8. The molecule has 30 heteroatoms. The SMILES string of the molecule is C=CCOC(=O)c1ccccc1C(=O)OCCC[Si](C)(Cl)Cl.C=CCOC(=O)c1ccccc1C(=O)OCCC[Si](C)(OC)OC.C=CCOC(=O)c1ccccc1C(=O)OCCC[Si](Cl)(Cl)Cl.C=CCOC(=O)c1ccccc1C(=O)OCCC[Si](OC)(OC)OC. The summed E-state index contributed by atoms with van der Waals surface area (Å²) in [6.07, 6.45) is 8.00. The van der Waals surface area contributed by atoms with Gasteiger partial charge in [0.15, 0.2) is 0 Å². The van der Waals surface area contributed by atoms with Crippen LogP contribution in [0, 0.1) is 0 Å². The van der Waals surface area contributed by atoms with Crippen molar-refractivity contribution in [1.29, 1.82) is 0 Å². The molecule has 0 spiro atoms. The van der Waals surface area contributed by atoms with Crippen LogP contribution in [0.3, 0.4) is 0 Å². The van der Waals surface area contributed by atoms with Gasteiger partial charge in [-0.3, -0.25) is 0 Å². The predicted octanol–water partition coefficient (Wildman–Crippen LogP) is 13.8. The van der Waals surface area contributed by atoms with Crippen LogP contribution in [-0.4, -0.2) is 166 Å². The van der Waals surface area contributed by atoms with Gasteiger partial charge in [-0.15, -0.1) is 55.4 Å². The number of hydrogen-bond donors (Lipinski definition) is 0. The second-order valence-corrected chi connectivity index (χ2v) is 43.4. The fourth-order valence-corrected chi connectivity index (χ4v) is 13.7. The first kappa shape index (κ1) is 84.7. The average molecular weight is 1460 g/mol. The Labute approximate surface area is 571 Å². The molecular formula is C63H81Cl5O21Si4. The van der Waals surface area contributed by atoms with Gasteiger partial charge in [-0.2, -0.15) is 0 Å². The van der Waals surface area contributed by atoms with Crippen LogP contribution < -0.4 is 0 Å². The highest BCUT2D eigenvalue weighted by Crippen LogP contribution is 2.27. The third-order valence-corrected chi connectivity index (χ3v) is 23.1. The monoisotopic (exact) mass is 1460 g/mol. The summed E-state index contributed by atoms with van der Waals surface area (Å²) in [4.78, 5) is 96.2. The zero-order valence-electron chi connectivity index (χ0n) is 53.2. The van der Waals surface area contributed by atoms with Gasteiger partial charge in [0, 0.05) is 41.6 Å². The minimum absolute atomic E-state index is 0.0656. The molecule has 0 radical (unpaired) electrons. The van der Waals surface area contributed by atoms with Crippen molar-refractivity contribution >= 4 is 133 Å². The van der Waals surface area contributed by atoms with Crippen LogP contribution in [0.2, 0.25) is 37.3 Å². The van der Waals surface area contributed by atoms with E-state index in [1.54, 1.807) is 62.8 Å². The van der Waals surface area contributed by atoms with Gasteiger partial charge in [0.2, 0.25) is 6.69 Å². The summed E-state index contributed by atoms with van der Waals surface area (Å²) in [5.41, 5.74) is 1.31. The van der Waals surface area contributed by atoms with E-state index in [9.17, 15) is 38.4 Å². The van der Waals surface area contributed by atoms with Gasteiger partial charge >= 0.3 is 71.1 Å². The summed E-state index contributed by atoms with van der Waals surface area (Å²) in [5.74, 6) is -4.71. The molecule has 4 aromatic carbocycles. The second kappa shape index (κ2) is 46.7. The number of esters is 8. The summed E-state index contributed by atoms with van der Waals surface area (Å²) in [6.45, 7) is 16.5. The predicted molar refractivity (Wildman–Crippen MR) is 366 cm³/mol. The fourth-order valence-electron chi connectivity index (χ4n) is 7.36. The molecule has 0 saturated carbocycles. The molecule has 0 heterocycles. The van der Waals surface area contributed by atoms with Crippen molar-refractivity contribution in [3.05, 3.63) is 192 Å². The summed E-state index contributed by atoms with van der Waals surface area (Å²) < 4.78 is 67.2. The normalized spacial score (nSPS) is 10.9. The highest BCUT2D eigenvalue weighted by atomic mass is 35.8. The molecule has 21 nitrogen and oxygen atoms in total. The van der Waals surface area contributed by atoms with Gasteiger partial charge < -0.3 is 60.0 Å². The lowest BCUT2D eigenvalue weighted by atomic mass is 10.1. The van der Waals surface area contributed by atoms with Gasteiger partial charge in [-0.05, 0) is 105 Å². The molecule has 0 saturated heterocycles. The second-order valence-electron chi connectivity index (χ2n) is 19.2. The topological polar surface area (TPSA) is 257 Å². The quantitative estimate of drug-likeness (QED) is 0.0101. The molecular weight excluding hydrogens is 1380 g/mol. The largest absolute Gasteiger partial charge is 0.500 e. The van der Waals surface area contributed by atoms with E-state index < -0.39 is 77.8 Å². The Morgan fingerprint density at radius 3 is 0.753 bits per heavy atom. The molecule has 4 rings (SSSR count). The Bertz CT molecular complexity index is 2940. The van der Waals surface area contributed by atoms with Gasteiger partial charge in [-0.1, -0.05) is 99.2 Å². The number of hydrogen-bond acceptors (Lipinski definition) is 21.